The van der Waals surface area contributed by atoms with Gasteiger partial charge >= 0.3 is 0 Å². The molecule has 1 aromatic rings. The Balaban J connectivity index is 1.85. The van der Waals surface area contributed by atoms with E-state index in [4.69, 9.17) is 34.8 Å². The van der Waals surface area contributed by atoms with Crippen LogP contribution < -0.4 is 5.32 Å². The van der Waals surface area contributed by atoms with E-state index in [1.165, 1.54) is 0 Å². The fraction of sp³-hybridized carbons (Fsp3) is 0.421. The molecular weight excluding hydrogens is 365 g/mol. The van der Waals surface area contributed by atoms with Crippen LogP contribution in [0.4, 0.5) is 0 Å². The lowest BCUT2D eigenvalue weighted by Crippen LogP contribution is -2.34. The molecule has 3 atom stereocenters. The number of amides is 1. The quantitative estimate of drug-likeness (QED) is 0.361. The second kappa shape index (κ2) is 8.42. The SMILES string of the molecule is CC(C)C(C)NC(=O)C=CC=CC1CC1c1cc(Cl)c(Cl)c(Cl)c1. The van der Waals surface area contributed by atoms with Crippen molar-refractivity contribution < 1.29 is 4.79 Å². The van der Waals surface area contributed by atoms with E-state index in [-0.39, 0.29) is 11.9 Å². The standard InChI is InChI=1S/C19H22Cl3NO/c1-11(2)12(3)23-18(24)7-5-4-6-13-8-15(13)14-9-16(20)19(22)17(21)10-14/h4-7,9-13,15H,8H2,1-3H3,(H,23,24). The Hall–Kier alpha value is -0.960. The average molecular weight is 387 g/mol. The van der Waals surface area contributed by atoms with Gasteiger partial charge in [0.2, 0.25) is 5.91 Å². The normalized spacial score (nSPS) is 21.6. The smallest absolute Gasteiger partial charge is 0.244 e. The van der Waals surface area contributed by atoms with Gasteiger partial charge in [-0.1, -0.05) is 66.9 Å². The molecule has 0 aromatic heterocycles. The fourth-order valence-corrected chi connectivity index (χ4v) is 3.00. The molecule has 1 fully saturated rings. The van der Waals surface area contributed by atoms with Gasteiger partial charge in [-0.2, -0.15) is 0 Å². The summed E-state index contributed by atoms with van der Waals surface area (Å²) in [7, 11) is 0. The van der Waals surface area contributed by atoms with Crippen LogP contribution in [0.5, 0.6) is 0 Å². The summed E-state index contributed by atoms with van der Waals surface area (Å²) >= 11 is 18.1. The zero-order chi connectivity index (χ0) is 17.9. The topological polar surface area (TPSA) is 29.1 Å². The van der Waals surface area contributed by atoms with Crippen LogP contribution in [0.25, 0.3) is 0 Å². The van der Waals surface area contributed by atoms with Crippen LogP contribution in [-0.2, 0) is 4.79 Å². The lowest BCUT2D eigenvalue weighted by molar-refractivity contribution is -0.117. The van der Waals surface area contributed by atoms with Crippen LogP contribution in [0.2, 0.25) is 15.1 Å². The second-order valence-corrected chi connectivity index (χ2v) is 7.78. The summed E-state index contributed by atoms with van der Waals surface area (Å²) in [6, 6.07) is 3.92. The van der Waals surface area contributed by atoms with Gasteiger partial charge in [0.15, 0.2) is 0 Å². The Morgan fingerprint density at radius 1 is 1.17 bits per heavy atom. The van der Waals surface area contributed by atoms with Crippen molar-refractivity contribution in [2.75, 3.05) is 0 Å². The summed E-state index contributed by atoms with van der Waals surface area (Å²) in [5.74, 6) is 1.21. The highest BCUT2D eigenvalue weighted by molar-refractivity contribution is 6.48. The van der Waals surface area contributed by atoms with E-state index in [9.17, 15) is 4.79 Å². The van der Waals surface area contributed by atoms with E-state index in [2.05, 4.69) is 25.2 Å². The van der Waals surface area contributed by atoms with Gasteiger partial charge in [0.1, 0.15) is 0 Å². The van der Waals surface area contributed by atoms with Crippen LogP contribution in [0, 0.1) is 11.8 Å². The van der Waals surface area contributed by atoms with Crippen molar-refractivity contribution in [1.82, 2.24) is 5.32 Å². The number of hydrogen-bond acceptors (Lipinski definition) is 1. The Kier molecular flexibility index (Phi) is 6.79. The van der Waals surface area contributed by atoms with Crippen molar-refractivity contribution in [3.63, 3.8) is 0 Å². The van der Waals surface area contributed by atoms with E-state index in [1.807, 2.05) is 25.1 Å². The van der Waals surface area contributed by atoms with Crippen molar-refractivity contribution in [2.24, 2.45) is 11.8 Å². The Bertz CT molecular complexity index is 644. The number of hydrogen-bond donors (Lipinski definition) is 1. The van der Waals surface area contributed by atoms with Crippen molar-refractivity contribution >= 4 is 40.7 Å². The summed E-state index contributed by atoms with van der Waals surface area (Å²) in [6.45, 7) is 6.16. The summed E-state index contributed by atoms with van der Waals surface area (Å²) in [5.41, 5.74) is 1.11. The maximum Gasteiger partial charge on any atom is 0.244 e. The first-order chi connectivity index (χ1) is 11.3. The third kappa shape index (κ3) is 5.27. The number of nitrogens with one attached hydrogen (secondary N) is 1. The Morgan fingerprint density at radius 3 is 2.38 bits per heavy atom. The number of allylic oxidation sites excluding steroid dienone is 3. The molecule has 5 heteroatoms. The fourth-order valence-electron chi connectivity index (χ4n) is 2.39. The van der Waals surface area contributed by atoms with Gasteiger partial charge in [-0.25, -0.2) is 0 Å². The molecule has 0 radical (unpaired) electrons. The number of halogens is 3. The molecule has 3 unspecified atom stereocenters. The van der Waals surface area contributed by atoms with Crippen LogP contribution in [0.1, 0.15) is 38.7 Å². The molecule has 130 valence electrons. The molecule has 1 aromatic carbocycles. The number of rotatable bonds is 6. The molecule has 2 rings (SSSR count). The molecule has 0 saturated heterocycles. The molecule has 1 N–H and O–H groups in total. The maximum atomic E-state index is 11.7. The van der Waals surface area contributed by atoms with Crippen molar-refractivity contribution in [3.05, 3.63) is 57.1 Å². The largest absolute Gasteiger partial charge is 0.350 e. The van der Waals surface area contributed by atoms with E-state index in [1.54, 1.807) is 12.2 Å². The van der Waals surface area contributed by atoms with Crippen molar-refractivity contribution in [2.45, 2.75) is 39.2 Å². The number of carbonyl (C=O) groups is 1. The zero-order valence-electron chi connectivity index (χ0n) is 14.0. The lowest BCUT2D eigenvalue weighted by atomic mass is 10.1. The molecule has 0 aliphatic heterocycles. The summed E-state index contributed by atoms with van der Waals surface area (Å²) in [5, 5.41) is 4.32. The molecule has 1 saturated carbocycles. The first kappa shape index (κ1) is 19.4. The highest BCUT2D eigenvalue weighted by Gasteiger charge is 2.36. The zero-order valence-corrected chi connectivity index (χ0v) is 16.3. The summed E-state index contributed by atoms with van der Waals surface area (Å²) in [4.78, 5) is 11.7. The predicted octanol–water partition coefficient (Wildman–Crippen LogP) is 6.02. The van der Waals surface area contributed by atoms with Gasteiger partial charge in [-0.05, 0) is 48.8 Å². The van der Waals surface area contributed by atoms with Crippen LogP contribution in [-0.4, -0.2) is 11.9 Å². The highest BCUT2D eigenvalue weighted by atomic mass is 35.5. The number of benzene rings is 1. The minimum atomic E-state index is -0.0653. The van der Waals surface area contributed by atoms with E-state index < -0.39 is 0 Å². The molecule has 1 aliphatic rings. The monoisotopic (exact) mass is 385 g/mol. The third-order valence-electron chi connectivity index (χ3n) is 4.36. The Labute approximate surface area is 158 Å². The highest BCUT2D eigenvalue weighted by Crippen LogP contribution is 2.50. The van der Waals surface area contributed by atoms with Gasteiger partial charge in [-0.3, -0.25) is 4.79 Å². The lowest BCUT2D eigenvalue weighted by Gasteiger charge is -2.15. The van der Waals surface area contributed by atoms with E-state index >= 15 is 0 Å². The number of carbonyl (C=O) groups excluding carboxylic acids is 1. The summed E-state index contributed by atoms with van der Waals surface area (Å²) < 4.78 is 0. The Morgan fingerprint density at radius 2 is 1.79 bits per heavy atom. The van der Waals surface area contributed by atoms with Gasteiger partial charge < -0.3 is 5.32 Å². The van der Waals surface area contributed by atoms with Crippen LogP contribution in [0.15, 0.2) is 36.4 Å². The molecule has 1 amide bonds. The maximum absolute atomic E-state index is 11.7. The molecule has 1 aliphatic carbocycles. The minimum Gasteiger partial charge on any atom is -0.350 e. The van der Waals surface area contributed by atoms with Crippen LogP contribution in [0.3, 0.4) is 0 Å². The molecule has 0 bridgehead atoms. The third-order valence-corrected chi connectivity index (χ3v) is 5.56. The summed E-state index contributed by atoms with van der Waals surface area (Å²) in [6.07, 6.45) is 8.41. The molecule has 2 nitrogen and oxygen atoms in total. The van der Waals surface area contributed by atoms with Crippen molar-refractivity contribution in [3.8, 4) is 0 Å². The molecule has 0 spiro atoms. The molecule has 24 heavy (non-hydrogen) atoms. The van der Waals surface area contributed by atoms with Gasteiger partial charge in [0.25, 0.3) is 0 Å². The molecule has 0 heterocycles. The van der Waals surface area contributed by atoms with Crippen molar-refractivity contribution in [1.29, 1.82) is 0 Å². The molecular formula is C19H22Cl3NO. The van der Waals surface area contributed by atoms with Gasteiger partial charge in [-0.15, -0.1) is 0 Å². The second-order valence-electron chi connectivity index (χ2n) is 6.59. The first-order valence-electron chi connectivity index (χ1n) is 8.09. The minimum absolute atomic E-state index is 0.0653. The predicted molar refractivity (Wildman–Crippen MR) is 103 cm³/mol. The van der Waals surface area contributed by atoms with Gasteiger partial charge in [0.05, 0.1) is 15.1 Å². The van der Waals surface area contributed by atoms with Crippen LogP contribution >= 0.6 is 34.8 Å². The van der Waals surface area contributed by atoms with E-state index in [0.29, 0.717) is 32.8 Å². The van der Waals surface area contributed by atoms with E-state index in [0.717, 1.165) is 12.0 Å². The average Bonchev–Trinajstić information content (AvgIpc) is 3.28. The first-order valence-corrected chi connectivity index (χ1v) is 9.22. The van der Waals surface area contributed by atoms with Gasteiger partial charge in [0, 0.05) is 12.1 Å².